The minimum Gasteiger partial charge on any atom is -0.488 e. The van der Waals surface area contributed by atoms with E-state index in [0.717, 1.165) is 12.1 Å². The molecule has 4 nitrogen and oxygen atoms in total. The molecule has 20 heavy (non-hydrogen) atoms. The number of rotatable bonds is 9. The van der Waals surface area contributed by atoms with Crippen molar-refractivity contribution in [3.8, 4) is 5.75 Å². The minimum atomic E-state index is -0.758. The van der Waals surface area contributed by atoms with Gasteiger partial charge in [0.1, 0.15) is 12.7 Å². The number of benzene rings is 1. The van der Waals surface area contributed by atoms with E-state index in [1.807, 2.05) is 6.07 Å². The predicted octanol–water partition coefficient (Wildman–Crippen LogP) is 1.96. The van der Waals surface area contributed by atoms with Crippen molar-refractivity contribution in [1.29, 1.82) is 0 Å². The first-order valence-corrected chi connectivity index (χ1v) is 6.82. The second kappa shape index (κ2) is 8.89. The number of ether oxygens (including phenoxy) is 2. The van der Waals surface area contributed by atoms with E-state index < -0.39 is 11.9 Å². The first-order valence-electron chi connectivity index (χ1n) is 6.82. The molecule has 0 radical (unpaired) electrons. The van der Waals surface area contributed by atoms with Crippen LogP contribution < -0.4 is 10.1 Å². The van der Waals surface area contributed by atoms with Crippen LogP contribution >= 0.6 is 0 Å². The van der Waals surface area contributed by atoms with Crippen molar-refractivity contribution in [2.24, 2.45) is 5.92 Å². The lowest BCUT2D eigenvalue weighted by molar-refractivity contribution is 0.0316. The van der Waals surface area contributed by atoms with Gasteiger partial charge in [-0.3, -0.25) is 0 Å². The molecule has 1 rings (SSSR count). The van der Waals surface area contributed by atoms with Gasteiger partial charge in [-0.05, 0) is 30.2 Å². The summed E-state index contributed by atoms with van der Waals surface area (Å²) in [5.41, 5.74) is 0.868. The van der Waals surface area contributed by atoms with Gasteiger partial charge in [0.2, 0.25) is 0 Å². The van der Waals surface area contributed by atoms with Crippen molar-refractivity contribution in [2.75, 3.05) is 26.9 Å². The zero-order chi connectivity index (χ0) is 15.0. The molecule has 0 amide bonds. The van der Waals surface area contributed by atoms with Crippen LogP contribution in [0.25, 0.3) is 0 Å². The van der Waals surface area contributed by atoms with Crippen LogP contribution in [0.15, 0.2) is 18.2 Å². The zero-order valence-corrected chi connectivity index (χ0v) is 12.4. The number of hydrogen-bond donors (Lipinski definition) is 2. The monoisotopic (exact) mass is 285 g/mol. The van der Waals surface area contributed by atoms with E-state index in [1.54, 1.807) is 6.07 Å². The lowest BCUT2D eigenvalue weighted by atomic mass is 10.2. The SMILES string of the molecule is COCC(O)COc1ccc(CNCC(C)C)cc1F. The van der Waals surface area contributed by atoms with Crippen LogP contribution in [-0.2, 0) is 11.3 Å². The van der Waals surface area contributed by atoms with Gasteiger partial charge in [-0.25, -0.2) is 4.39 Å². The summed E-state index contributed by atoms with van der Waals surface area (Å²) in [6.07, 6.45) is -0.758. The van der Waals surface area contributed by atoms with E-state index in [2.05, 4.69) is 19.2 Å². The van der Waals surface area contributed by atoms with Crippen LogP contribution in [0.1, 0.15) is 19.4 Å². The van der Waals surface area contributed by atoms with Gasteiger partial charge in [-0.1, -0.05) is 19.9 Å². The lowest BCUT2D eigenvalue weighted by Crippen LogP contribution is -2.23. The molecule has 0 bridgehead atoms. The Balaban J connectivity index is 2.46. The molecule has 0 saturated carbocycles. The van der Waals surface area contributed by atoms with Gasteiger partial charge >= 0.3 is 0 Å². The smallest absolute Gasteiger partial charge is 0.165 e. The molecule has 0 aromatic heterocycles. The molecular weight excluding hydrogens is 261 g/mol. The van der Waals surface area contributed by atoms with Crippen LogP contribution in [0.5, 0.6) is 5.75 Å². The molecule has 0 aliphatic heterocycles. The lowest BCUT2D eigenvalue weighted by Gasteiger charge is -2.13. The summed E-state index contributed by atoms with van der Waals surface area (Å²) < 4.78 is 23.8. The van der Waals surface area contributed by atoms with E-state index >= 15 is 0 Å². The average Bonchev–Trinajstić information content (AvgIpc) is 2.37. The first-order chi connectivity index (χ1) is 9.52. The summed E-state index contributed by atoms with van der Waals surface area (Å²) in [5, 5.41) is 12.7. The third-order valence-electron chi connectivity index (χ3n) is 2.67. The number of aliphatic hydroxyl groups is 1. The van der Waals surface area contributed by atoms with Gasteiger partial charge in [0.25, 0.3) is 0 Å². The van der Waals surface area contributed by atoms with E-state index in [0.29, 0.717) is 12.5 Å². The third kappa shape index (κ3) is 6.32. The van der Waals surface area contributed by atoms with Crippen molar-refractivity contribution in [3.05, 3.63) is 29.6 Å². The molecular formula is C15H24FNO3. The summed E-state index contributed by atoms with van der Waals surface area (Å²) in [6.45, 7) is 5.94. The van der Waals surface area contributed by atoms with Gasteiger partial charge < -0.3 is 19.9 Å². The number of hydrogen-bond acceptors (Lipinski definition) is 4. The molecule has 0 saturated heterocycles. The Labute approximate surface area is 119 Å². The summed E-state index contributed by atoms with van der Waals surface area (Å²) in [5.74, 6) is 0.288. The molecule has 2 N–H and O–H groups in total. The fourth-order valence-electron chi connectivity index (χ4n) is 1.70. The van der Waals surface area contributed by atoms with Gasteiger partial charge in [0.05, 0.1) is 6.61 Å². The maximum absolute atomic E-state index is 13.8. The molecule has 1 aromatic carbocycles. The molecule has 1 aromatic rings. The Morgan fingerprint density at radius 2 is 2.05 bits per heavy atom. The normalized spacial score (nSPS) is 12.7. The van der Waals surface area contributed by atoms with Crippen LogP contribution in [0.4, 0.5) is 4.39 Å². The Morgan fingerprint density at radius 1 is 1.30 bits per heavy atom. The quantitative estimate of drug-likeness (QED) is 0.728. The molecule has 0 spiro atoms. The average molecular weight is 285 g/mol. The number of methoxy groups -OCH3 is 1. The maximum atomic E-state index is 13.8. The molecule has 1 atom stereocenters. The highest BCUT2D eigenvalue weighted by Crippen LogP contribution is 2.18. The van der Waals surface area contributed by atoms with Crippen LogP contribution in [0.3, 0.4) is 0 Å². The predicted molar refractivity (Wildman–Crippen MR) is 76.3 cm³/mol. The molecule has 114 valence electrons. The van der Waals surface area contributed by atoms with Crippen molar-refractivity contribution >= 4 is 0 Å². The molecule has 5 heteroatoms. The van der Waals surface area contributed by atoms with Crippen LogP contribution in [-0.4, -0.2) is 38.1 Å². The van der Waals surface area contributed by atoms with E-state index in [9.17, 15) is 9.50 Å². The Morgan fingerprint density at radius 3 is 2.65 bits per heavy atom. The molecule has 0 aliphatic rings. The Kier molecular flexibility index (Phi) is 7.51. The molecule has 0 fully saturated rings. The summed E-state index contributed by atoms with van der Waals surface area (Å²) in [6, 6.07) is 4.85. The molecule has 0 heterocycles. The second-order valence-corrected chi connectivity index (χ2v) is 5.21. The number of halogens is 1. The number of nitrogens with one attached hydrogen (secondary N) is 1. The topological polar surface area (TPSA) is 50.7 Å². The highest BCUT2D eigenvalue weighted by atomic mass is 19.1. The standard InChI is InChI=1S/C15H24FNO3/c1-11(2)7-17-8-12-4-5-15(14(16)6-12)20-10-13(18)9-19-3/h4-6,11,13,17-18H,7-10H2,1-3H3. The summed E-state index contributed by atoms with van der Waals surface area (Å²) in [7, 11) is 1.49. The van der Waals surface area contributed by atoms with E-state index in [-0.39, 0.29) is 19.0 Å². The van der Waals surface area contributed by atoms with Crippen molar-refractivity contribution in [3.63, 3.8) is 0 Å². The first kappa shape index (κ1) is 16.9. The van der Waals surface area contributed by atoms with Crippen molar-refractivity contribution in [1.82, 2.24) is 5.32 Å². The highest BCUT2D eigenvalue weighted by molar-refractivity contribution is 5.29. The second-order valence-electron chi connectivity index (χ2n) is 5.21. The summed E-state index contributed by atoms with van der Waals surface area (Å²) in [4.78, 5) is 0. The third-order valence-corrected chi connectivity index (χ3v) is 2.67. The van der Waals surface area contributed by atoms with E-state index in [4.69, 9.17) is 9.47 Å². The van der Waals surface area contributed by atoms with Crippen LogP contribution in [0, 0.1) is 11.7 Å². The van der Waals surface area contributed by atoms with Crippen LogP contribution in [0.2, 0.25) is 0 Å². The van der Waals surface area contributed by atoms with Gasteiger partial charge in [-0.2, -0.15) is 0 Å². The fourth-order valence-corrected chi connectivity index (χ4v) is 1.70. The van der Waals surface area contributed by atoms with Gasteiger partial charge in [-0.15, -0.1) is 0 Å². The number of aliphatic hydroxyl groups excluding tert-OH is 1. The molecule has 1 unspecified atom stereocenters. The van der Waals surface area contributed by atoms with Crippen molar-refractivity contribution in [2.45, 2.75) is 26.5 Å². The highest BCUT2D eigenvalue weighted by Gasteiger charge is 2.08. The molecule has 0 aliphatic carbocycles. The summed E-state index contributed by atoms with van der Waals surface area (Å²) >= 11 is 0. The minimum absolute atomic E-state index is 0.00963. The largest absolute Gasteiger partial charge is 0.488 e. The van der Waals surface area contributed by atoms with E-state index in [1.165, 1.54) is 13.2 Å². The maximum Gasteiger partial charge on any atom is 0.165 e. The Hall–Kier alpha value is -1.17. The fraction of sp³-hybridized carbons (Fsp3) is 0.600. The van der Waals surface area contributed by atoms with Gasteiger partial charge in [0.15, 0.2) is 11.6 Å². The Bertz CT molecular complexity index is 399. The van der Waals surface area contributed by atoms with Gasteiger partial charge in [0, 0.05) is 13.7 Å². The zero-order valence-electron chi connectivity index (χ0n) is 12.4. The van der Waals surface area contributed by atoms with Crippen molar-refractivity contribution < 1.29 is 19.0 Å².